The largest absolute Gasteiger partial charge is 0.506 e. The van der Waals surface area contributed by atoms with E-state index in [0.717, 1.165) is 6.42 Å². The molecule has 0 saturated heterocycles. The van der Waals surface area contributed by atoms with Crippen LogP contribution in [-0.4, -0.2) is 17.6 Å². The highest BCUT2D eigenvalue weighted by Crippen LogP contribution is 2.65. The van der Waals surface area contributed by atoms with E-state index >= 15 is 0 Å². The molecule has 1 amide bonds. The molecule has 0 heterocycles. The van der Waals surface area contributed by atoms with Crippen molar-refractivity contribution in [3.63, 3.8) is 0 Å². The van der Waals surface area contributed by atoms with E-state index in [1.54, 1.807) is 6.07 Å². The lowest BCUT2D eigenvalue weighted by Crippen LogP contribution is -2.26. The van der Waals surface area contributed by atoms with Crippen LogP contribution in [0, 0.1) is 11.8 Å². The quantitative estimate of drug-likeness (QED) is 0.858. The second kappa shape index (κ2) is 6.06. The number of phenols is 1. The van der Waals surface area contributed by atoms with E-state index in [2.05, 4.69) is 36.5 Å². The van der Waals surface area contributed by atoms with Crippen LogP contribution < -0.4 is 5.32 Å². The Bertz CT molecular complexity index is 834. The highest BCUT2D eigenvalue weighted by molar-refractivity contribution is 6.32. The van der Waals surface area contributed by atoms with Gasteiger partial charge in [-0.05, 0) is 60.4 Å². The van der Waals surface area contributed by atoms with Crippen molar-refractivity contribution in [3.8, 4) is 5.75 Å². The van der Waals surface area contributed by atoms with E-state index in [9.17, 15) is 9.90 Å². The number of carbonyl (C=O) groups excluding carboxylic acids is 1. The predicted octanol–water partition coefficient (Wildman–Crippen LogP) is 4.32. The van der Waals surface area contributed by atoms with Crippen LogP contribution >= 0.6 is 11.6 Å². The highest BCUT2D eigenvalue weighted by atomic mass is 35.5. The van der Waals surface area contributed by atoms with Gasteiger partial charge in [-0.1, -0.05) is 42.8 Å². The number of benzene rings is 2. The molecule has 1 saturated carbocycles. The number of hydrogen-bond acceptors (Lipinski definition) is 2. The molecule has 1 spiro atoms. The molecule has 3 nitrogen and oxygen atoms in total. The Labute approximate surface area is 153 Å². The Morgan fingerprint density at radius 1 is 1.32 bits per heavy atom. The Kier molecular flexibility index (Phi) is 3.99. The lowest BCUT2D eigenvalue weighted by atomic mass is 9.87. The highest BCUT2D eigenvalue weighted by Gasteiger charge is 2.60. The maximum atomic E-state index is 12.2. The molecule has 0 bridgehead atoms. The van der Waals surface area contributed by atoms with Gasteiger partial charge in [0, 0.05) is 17.5 Å². The van der Waals surface area contributed by atoms with Gasteiger partial charge in [-0.25, -0.2) is 0 Å². The van der Waals surface area contributed by atoms with Crippen molar-refractivity contribution in [2.45, 2.75) is 31.6 Å². The first-order valence-corrected chi connectivity index (χ1v) is 9.25. The van der Waals surface area contributed by atoms with Crippen molar-refractivity contribution in [2.24, 2.45) is 11.8 Å². The fourth-order valence-electron chi connectivity index (χ4n) is 4.68. The molecule has 4 rings (SSSR count). The Balaban J connectivity index is 1.36. The summed E-state index contributed by atoms with van der Waals surface area (Å²) in [6.45, 7) is 3.02. The molecule has 0 aromatic heterocycles. The molecule has 2 aliphatic rings. The maximum absolute atomic E-state index is 12.2. The van der Waals surface area contributed by atoms with Gasteiger partial charge >= 0.3 is 0 Å². The van der Waals surface area contributed by atoms with Crippen molar-refractivity contribution in [2.75, 3.05) is 6.54 Å². The van der Waals surface area contributed by atoms with Crippen LogP contribution in [0.5, 0.6) is 5.75 Å². The summed E-state index contributed by atoms with van der Waals surface area (Å²) >= 11 is 5.87. The summed E-state index contributed by atoms with van der Waals surface area (Å²) < 4.78 is 0. The fraction of sp³-hybridized carbons (Fsp3) is 0.381. The zero-order valence-electron chi connectivity index (χ0n) is 14.3. The van der Waals surface area contributed by atoms with Gasteiger partial charge in [-0.2, -0.15) is 0 Å². The van der Waals surface area contributed by atoms with Crippen LogP contribution in [0.3, 0.4) is 0 Å². The number of fused-ring (bicyclic) bond motifs is 2. The molecule has 2 aromatic carbocycles. The molecular formula is C21H22ClNO2. The van der Waals surface area contributed by atoms with Gasteiger partial charge in [0.2, 0.25) is 0 Å². The summed E-state index contributed by atoms with van der Waals surface area (Å²) in [4.78, 5) is 12.2. The van der Waals surface area contributed by atoms with Crippen molar-refractivity contribution in [1.82, 2.24) is 5.32 Å². The van der Waals surface area contributed by atoms with Crippen molar-refractivity contribution in [1.29, 1.82) is 0 Å². The van der Waals surface area contributed by atoms with E-state index in [4.69, 9.17) is 11.6 Å². The molecule has 4 heteroatoms. The van der Waals surface area contributed by atoms with Gasteiger partial charge in [0.05, 0.1) is 5.02 Å². The number of phenolic OH excluding ortho intramolecular Hbond substituents is 1. The summed E-state index contributed by atoms with van der Waals surface area (Å²) in [7, 11) is 0. The third kappa shape index (κ3) is 2.71. The standard InChI is InChI=1S/C21H22ClNO2/c1-13-10-14-4-2-3-5-17(14)21(13)12-16(21)8-9-23-20(25)15-6-7-19(24)18(22)11-15/h2-7,11,13,16,24H,8-10,12H2,1H3,(H,23,25). The summed E-state index contributed by atoms with van der Waals surface area (Å²) in [5, 5.41) is 12.6. The SMILES string of the molecule is CC1Cc2ccccc2C12CC2CCNC(=O)c1ccc(O)c(Cl)c1. The molecule has 3 unspecified atom stereocenters. The summed E-state index contributed by atoms with van der Waals surface area (Å²) in [5.74, 6) is 1.18. The van der Waals surface area contributed by atoms with Crippen molar-refractivity contribution >= 4 is 17.5 Å². The van der Waals surface area contributed by atoms with Crippen molar-refractivity contribution < 1.29 is 9.90 Å². The molecule has 25 heavy (non-hydrogen) atoms. The van der Waals surface area contributed by atoms with Gasteiger partial charge in [0.1, 0.15) is 5.75 Å². The molecule has 1 fully saturated rings. The average Bonchev–Trinajstić information content (AvgIpc) is 3.25. The summed E-state index contributed by atoms with van der Waals surface area (Å²) in [5.41, 5.74) is 3.85. The summed E-state index contributed by atoms with van der Waals surface area (Å²) in [6.07, 6.45) is 3.40. The molecular weight excluding hydrogens is 334 g/mol. The molecule has 2 aromatic rings. The molecule has 2 N–H and O–H groups in total. The van der Waals surface area contributed by atoms with Crippen LogP contribution in [0.25, 0.3) is 0 Å². The minimum absolute atomic E-state index is 0.00738. The second-order valence-electron chi connectivity index (χ2n) is 7.41. The van der Waals surface area contributed by atoms with Gasteiger partial charge in [-0.3, -0.25) is 4.79 Å². The van der Waals surface area contributed by atoms with E-state index in [1.165, 1.54) is 36.1 Å². The normalized spacial score (nSPS) is 26.5. The lowest BCUT2D eigenvalue weighted by molar-refractivity contribution is 0.0952. The minimum atomic E-state index is -0.142. The van der Waals surface area contributed by atoms with Crippen LogP contribution in [0.2, 0.25) is 5.02 Å². The average molecular weight is 356 g/mol. The number of amides is 1. The number of aromatic hydroxyl groups is 1. The van der Waals surface area contributed by atoms with Gasteiger partial charge in [-0.15, -0.1) is 0 Å². The maximum Gasteiger partial charge on any atom is 0.251 e. The van der Waals surface area contributed by atoms with Gasteiger partial charge in [0.15, 0.2) is 0 Å². The van der Waals surface area contributed by atoms with Crippen molar-refractivity contribution in [3.05, 3.63) is 64.2 Å². The first kappa shape index (κ1) is 16.5. The number of nitrogens with one attached hydrogen (secondary N) is 1. The first-order chi connectivity index (χ1) is 12.0. The van der Waals surface area contributed by atoms with E-state index in [1.807, 2.05) is 0 Å². The fourth-order valence-corrected chi connectivity index (χ4v) is 4.86. The van der Waals surface area contributed by atoms with E-state index in [-0.39, 0.29) is 16.7 Å². The van der Waals surface area contributed by atoms with Crippen LogP contribution in [0.4, 0.5) is 0 Å². The van der Waals surface area contributed by atoms with Crippen LogP contribution in [-0.2, 0) is 11.8 Å². The van der Waals surface area contributed by atoms with Gasteiger partial charge in [0.25, 0.3) is 5.91 Å². The van der Waals surface area contributed by atoms with E-state index in [0.29, 0.717) is 29.4 Å². The minimum Gasteiger partial charge on any atom is -0.506 e. The molecule has 0 radical (unpaired) electrons. The number of rotatable bonds is 4. The Hall–Kier alpha value is -2.00. The second-order valence-corrected chi connectivity index (χ2v) is 7.82. The van der Waals surface area contributed by atoms with Crippen LogP contribution in [0.1, 0.15) is 41.3 Å². The number of halogens is 1. The van der Waals surface area contributed by atoms with Crippen LogP contribution in [0.15, 0.2) is 42.5 Å². The number of carbonyl (C=O) groups is 1. The smallest absolute Gasteiger partial charge is 0.251 e. The Morgan fingerprint density at radius 3 is 2.92 bits per heavy atom. The monoisotopic (exact) mass is 355 g/mol. The zero-order chi connectivity index (χ0) is 17.6. The first-order valence-electron chi connectivity index (χ1n) is 8.87. The Morgan fingerprint density at radius 2 is 2.12 bits per heavy atom. The van der Waals surface area contributed by atoms with Gasteiger partial charge < -0.3 is 10.4 Å². The van der Waals surface area contributed by atoms with E-state index < -0.39 is 0 Å². The molecule has 0 aliphatic heterocycles. The third-order valence-electron chi connectivity index (χ3n) is 6.07. The lowest BCUT2D eigenvalue weighted by Gasteiger charge is -2.17. The topological polar surface area (TPSA) is 49.3 Å². The molecule has 2 aliphatic carbocycles. The molecule has 130 valence electrons. The summed E-state index contributed by atoms with van der Waals surface area (Å²) in [6, 6.07) is 13.4. The number of hydrogen-bond donors (Lipinski definition) is 2. The predicted molar refractivity (Wildman–Crippen MR) is 99.2 cm³/mol. The molecule has 3 atom stereocenters. The zero-order valence-corrected chi connectivity index (χ0v) is 15.0. The third-order valence-corrected chi connectivity index (χ3v) is 6.37.